The lowest BCUT2D eigenvalue weighted by atomic mass is 10.1. The Morgan fingerprint density at radius 1 is 1.00 bits per heavy atom. The van der Waals surface area contributed by atoms with Gasteiger partial charge in [0.15, 0.2) is 0 Å². The maximum Gasteiger partial charge on any atom is 0.240 e. The largest absolute Gasteiger partial charge is 0.497 e. The Labute approximate surface area is 177 Å². The number of halogens is 1. The second kappa shape index (κ2) is 10.6. The summed E-state index contributed by atoms with van der Waals surface area (Å²) in [5.41, 5.74) is 4.48. The number of ether oxygens (including phenoxy) is 2. The highest BCUT2D eigenvalue weighted by Gasteiger charge is 2.10. The summed E-state index contributed by atoms with van der Waals surface area (Å²) in [7, 11) is 3.13. The number of hydrogen-bond acceptors (Lipinski definition) is 5. The molecule has 0 fully saturated rings. The highest BCUT2D eigenvalue weighted by atomic mass is 127. The van der Waals surface area contributed by atoms with Crippen LogP contribution in [0.2, 0.25) is 0 Å². The van der Waals surface area contributed by atoms with Crippen LogP contribution in [-0.4, -0.2) is 31.7 Å². The van der Waals surface area contributed by atoms with Gasteiger partial charge < -0.3 is 14.8 Å². The number of carbonyl (C=O) groups excluding carboxylic acids is 2. The molecule has 0 aliphatic carbocycles. The smallest absolute Gasteiger partial charge is 0.240 e. The van der Waals surface area contributed by atoms with Crippen LogP contribution >= 0.6 is 22.6 Å². The van der Waals surface area contributed by atoms with Gasteiger partial charge in [-0.05, 0) is 65.9 Å². The monoisotopic (exact) mass is 495 g/mol. The fraction of sp³-hybridized carbons (Fsp3) is 0.250. The van der Waals surface area contributed by atoms with Crippen molar-refractivity contribution in [3.63, 3.8) is 0 Å². The highest BCUT2D eigenvalue weighted by molar-refractivity contribution is 14.1. The number of hydrazone groups is 1. The van der Waals surface area contributed by atoms with Crippen molar-refractivity contribution in [1.82, 2.24) is 5.43 Å². The quantitative estimate of drug-likeness (QED) is 0.333. The van der Waals surface area contributed by atoms with Gasteiger partial charge in [0.1, 0.15) is 11.5 Å². The SMILES string of the molecule is COc1ccc(C(C)=NNC(=O)CCC(=O)Nc2ccc(I)cc2)c(OC)c1. The van der Waals surface area contributed by atoms with Crippen LogP contribution < -0.4 is 20.2 Å². The van der Waals surface area contributed by atoms with E-state index in [0.29, 0.717) is 22.9 Å². The number of methoxy groups -OCH3 is 2. The third kappa shape index (κ3) is 6.52. The molecule has 2 aromatic rings. The first-order valence-corrected chi connectivity index (χ1v) is 9.61. The number of anilines is 1. The van der Waals surface area contributed by atoms with E-state index in [4.69, 9.17) is 9.47 Å². The van der Waals surface area contributed by atoms with E-state index in [1.807, 2.05) is 24.3 Å². The lowest BCUT2D eigenvalue weighted by Crippen LogP contribution is -2.21. The maximum absolute atomic E-state index is 12.0. The van der Waals surface area contributed by atoms with Gasteiger partial charge in [0.2, 0.25) is 11.8 Å². The fourth-order valence-corrected chi connectivity index (χ4v) is 2.70. The second-order valence-corrected chi connectivity index (χ2v) is 7.10. The van der Waals surface area contributed by atoms with Crippen molar-refractivity contribution in [1.29, 1.82) is 0 Å². The lowest BCUT2D eigenvalue weighted by Gasteiger charge is -2.10. The van der Waals surface area contributed by atoms with Crippen LogP contribution in [0, 0.1) is 3.57 Å². The van der Waals surface area contributed by atoms with Gasteiger partial charge in [0, 0.05) is 33.7 Å². The summed E-state index contributed by atoms with van der Waals surface area (Å²) in [6.45, 7) is 1.76. The van der Waals surface area contributed by atoms with E-state index in [1.165, 1.54) is 0 Å². The normalized spacial score (nSPS) is 10.9. The lowest BCUT2D eigenvalue weighted by molar-refractivity contribution is -0.124. The number of amides is 2. The van der Waals surface area contributed by atoms with E-state index in [-0.39, 0.29) is 24.7 Å². The van der Waals surface area contributed by atoms with Crippen LogP contribution in [0.15, 0.2) is 47.6 Å². The molecule has 2 amide bonds. The van der Waals surface area contributed by atoms with Crippen molar-refractivity contribution >= 4 is 45.8 Å². The Balaban J connectivity index is 1.87. The first-order valence-electron chi connectivity index (χ1n) is 8.54. The van der Waals surface area contributed by atoms with Crippen molar-refractivity contribution in [3.8, 4) is 11.5 Å². The van der Waals surface area contributed by atoms with Crippen LogP contribution in [0.1, 0.15) is 25.3 Å². The molecule has 0 atom stereocenters. The molecule has 0 radical (unpaired) electrons. The highest BCUT2D eigenvalue weighted by Crippen LogP contribution is 2.25. The third-order valence-corrected chi connectivity index (χ3v) is 4.57. The molecule has 28 heavy (non-hydrogen) atoms. The summed E-state index contributed by atoms with van der Waals surface area (Å²) in [5, 5.41) is 6.85. The fourth-order valence-electron chi connectivity index (χ4n) is 2.34. The molecule has 0 bridgehead atoms. The zero-order chi connectivity index (χ0) is 20.5. The maximum atomic E-state index is 12.0. The van der Waals surface area contributed by atoms with Gasteiger partial charge in [-0.3, -0.25) is 9.59 Å². The molecule has 0 saturated heterocycles. The minimum Gasteiger partial charge on any atom is -0.497 e. The Morgan fingerprint density at radius 3 is 2.32 bits per heavy atom. The summed E-state index contributed by atoms with van der Waals surface area (Å²) in [4.78, 5) is 23.9. The number of carbonyl (C=O) groups is 2. The Bertz CT molecular complexity index is 866. The molecule has 7 nitrogen and oxygen atoms in total. The zero-order valence-electron chi connectivity index (χ0n) is 15.9. The topological polar surface area (TPSA) is 89.0 Å². The minimum atomic E-state index is -0.343. The summed E-state index contributed by atoms with van der Waals surface area (Å²) in [6, 6.07) is 12.8. The van der Waals surface area contributed by atoms with E-state index in [2.05, 4.69) is 38.4 Å². The third-order valence-electron chi connectivity index (χ3n) is 3.85. The van der Waals surface area contributed by atoms with Crippen LogP contribution in [0.5, 0.6) is 11.5 Å². The molecule has 148 valence electrons. The molecule has 0 aromatic heterocycles. The summed E-state index contributed by atoms with van der Waals surface area (Å²) < 4.78 is 11.6. The van der Waals surface area contributed by atoms with E-state index in [0.717, 1.165) is 9.13 Å². The van der Waals surface area contributed by atoms with E-state index in [9.17, 15) is 9.59 Å². The molecular formula is C20H22IN3O4. The van der Waals surface area contributed by atoms with Gasteiger partial charge in [-0.25, -0.2) is 5.43 Å². The van der Waals surface area contributed by atoms with E-state index in [1.54, 1.807) is 39.3 Å². The predicted molar refractivity (Wildman–Crippen MR) is 117 cm³/mol. The van der Waals surface area contributed by atoms with Crippen molar-refractivity contribution in [3.05, 3.63) is 51.6 Å². The molecule has 2 rings (SSSR count). The minimum absolute atomic E-state index is 0.0345. The summed E-state index contributed by atoms with van der Waals surface area (Å²) in [6.07, 6.45) is 0.102. The summed E-state index contributed by atoms with van der Waals surface area (Å²) in [5.74, 6) is 0.682. The number of nitrogens with zero attached hydrogens (tertiary/aromatic N) is 1. The number of hydrogen-bond donors (Lipinski definition) is 2. The average Bonchev–Trinajstić information content (AvgIpc) is 2.71. The first kappa shape index (κ1) is 21.7. The molecule has 0 aliphatic rings. The molecule has 0 heterocycles. The molecule has 2 N–H and O–H groups in total. The zero-order valence-corrected chi connectivity index (χ0v) is 18.1. The van der Waals surface area contributed by atoms with Gasteiger partial charge in [-0.2, -0.15) is 5.10 Å². The van der Waals surface area contributed by atoms with Gasteiger partial charge >= 0.3 is 0 Å². The summed E-state index contributed by atoms with van der Waals surface area (Å²) >= 11 is 2.19. The Hall–Kier alpha value is -2.62. The van der Waals surface area contributed by atoms with E-state index >= 15 is 0 Å². The van der Waals surface area contributed by atoms with Gasteiger partial charge in [0.25, 0.3) is 0 Å². The van der Waals surface area contributed by atoms with Gasteiger partial charge in [0.05, 0.1) is 19.9 Å². The van der Waals surface area contributed by atoms with E-state index < -0.39 is 0 Å². The van der Waals surface area contributed by atoms with Crippen molar-refractivity contribution in [2.24, 2.45) is 5.10 Å². The van der Waals surface area contributed by atoms with Gasteiger partial charge in [-0.1, -0.05) is 0 Å². The molecule has 0 unspecified atom stereocenters. The molecule has 2 aromatic carbocycles. The average molecular weight is 495 g/mol. The molecule has 0 aliphatic heterocycles. The van der Waals surface area contributed by atoms with Crippen LogP contribution in [-0.2, 0) is 9.59 Å². The van der Waals surface area contributed by atoms with Crippen molar-refractivity contribution in [2.45, 2.75) is 19.8 Å². The molecular weight excluding hydrogens is 473 g/mol. The van der Waals surface area contributed by atoms with Gasteiger partial charge in [-0.15, -0.1) is 0 Å². The number of benzene rings is 2. The standard InChI is InChI=1S/C20H22IN3O4/c1-13(17-9-8-16(27-2)12-18(17)28-3)23-24-20(26)11-10-19(25)22-15-6-4-14(21)5-7-15/h4-9,12H,10-11H2,1-3H3,(H,22,25)(H,24,26). The molecule has 8 heteroatoms. The molecule has 0 spiro atoms. The van der Waals surface area contributed by atoms with Crippen LogP contribution in [0.25, 0.3) is 0 Å². The first-order chi connectivity index (χ1) is 13.4. The van der Waals surface area contributed by atoms with Crippen LogP contribution in [0.4, 0.5) is 5.69 Å². The predicted octanol–water partition coefficient (Wildman–Crippen LogP) is 3.57. The molecule has 0 saturated carbocycles. The van der Waals surface area contributed by atoms with Crippen molar-refractivity contribution < 1.29 is 19.1 Å². The Morgan fingerprint density at radius 2 is 1.68 bits per heavy atom. The number of nitrogens with one attached hydrogen (secondary N) is 2. The van der Waals surface area contributed by atoms with Crippen LogP contribution in [0.3, 0.4) is 0 Å². The number of rotatable bonds is 8. The van der Waals surface area contributed by atoms with Crippen molar-refractivity contribution in [2.75, 3.05) is 19.5 Å². The Kier molecular flexibility index (Phi) is 8.24. The second-order valence-electron chi connectivity index (χ2n) is 5.85.